The van der Waals surface area contributed by atoms with Crippen molar-refractivity contribution in [1.82, 2.24) is 0 Å². The van der Waals surface area contributed by atoms with Crippen LogP contribution < -0.4 is 0 Å². The summed E-state index contributed by atoms with van der Waals surface area (Å²) in [4.78, 5) is 0. The molecule has 6 rings (SSSR count). The highest BCUT2D eigenvalue weighted by molar-refractivity contribution is 5.56. The summed E-state index contributed by atoms with van der Waals surface area (Å²) in [6, 6.07) is 2.64. The quantitative estimate of drug-likeness (QED) is 0.485. The van der Waals surface area contributed by atoms with Crippen LogP contribution in [-0.2, 0) is 0 Å². The van der Waals surface area contributed by atoms with Crippen molar-refractivity contribution in [1.29, 1.82) is 5.26 Å². The molecule has 0 aromatic carbocycles. The van der Waals surface area contributed by atoms with Crippen LogP contribution in [0.2, 0.25) is 0 Å². The predicted octanol–water partition coefficient (Wildman–Crippen LogP) is 1.43. The van der Waals surface area contributed by atoms with Gasteiger partial charge in [0.1, 0.15) is 0 Å². The van der Waals surface area contributed by atoms with E-state index in [1.807, 2.05) is 0 Å². The molecule has 12 heavy (non-hydrogen) atoms. The van der Waals surface area contributed by atoms with Crippen molar-refractivity contribution in [3.63, 3.8) is 0 Å². The van der Waals surface area contributed by atoms with Crippen molar-refractivity contribution in [3.8, 4) is 6.07 Å². The average Bonchev–Trinajstić information content (AvgIpc) is 2.86. The predicted molar refractivity (Wildman–Crippen MR) is 41.6 cm³/mol. The second kappa shape index (κ2) is 0.954. The van der Waals surface area contributed by atoms with Crippen LogP contribution in [0.25, 0.3) is 0 Å². The van der Waals surface area contributed by atoms with Gasteiger partial charge in [0.25, 0.3) is 0 Å². The standard InChI is InChI=1S/C11H9N/c1-3-4-6-7-5(3)10-9(4)11(10,2-12)8(6)7/h4-10H,1H2. The van der Waals surface area contributed by atoms with E-state index in [1.54, 1.807) is 5.57 Å². The molecular weight excluding hydrogens is 146 g/mol. The molecule has 0 N–H and O–H groups in total. The maximum Gasteiger partial charge on any atom is 0.0699 e. The fourth-order valence-corrected chi connectivity index (χ4v) is 5.75. The molecule has 0 aliphatic heterocycles. The zero-order valence-corrected chi connectivity index (χ0v) is 6.70. The topological polar surface area (TPSA) is 23.8 Å². The van der Waals surface area contributed by atoms with Crippen molar-refractivity contribution >= 4 is 0 Å². The molecule has 0 heterocycles. The minimum absolute atomic E-state index is 0.214. The zero-order valence-electron chi connectivity index (χ0n) is 6.70. The van der Waals surface area contributed by atoms with E-state index in [-0.39, 0.29) is 5.41 Å². The van der Waals surface area contributed by atoms with Gasteiger partial charge in [0.15, 0.2) is 0 Å². The summed E-state index contributed by atoms with van der Waals surface area (Å²) < 4.78 is 0. The van der Waals surface area contributed by atoms with Crippen LogP contribution in [0.3, 0.4) is 0 Å². The lowest BCUT2D eigenvalue weighted by molar-refractivity contribution is 0.434. The lowest BCUT2D eigenvalue weighted by atomic mass is 9.97. The second-order valence-corrected chi connectivity index (χ2v) is 5.40. The molecule has 0 aromatic heterocycles. The molecular formula is C11H9N. The number of nitriles is 1. The third-order valence-electron chi connectivity index (χ3n) is 5.72. The van der Waals surface area contributed by atoms with Gasteiger partial charge < -0.3 is 0 Å². The Bertz CT molecular complexity index is 376. The Morgan fingerprint density at radius 2 is 1.75 bits per heavy atom. The minimum atomic E-state index is 0.214. The van der Waals surface area contributed by atoms with Gasteiger partial charge in [-0.15, -0.1) is 0 Å². The summed E-state index contributed by atoms with van der Waals surface area (Å²) >= 11 is 0. The van der Waals surface area contributed by atoms with Gasteiger partial charge in [-0.3, -0.25) is 0 Å². The van der Waals surface area contributed by atoms with E-state index < -0.39 is 0 Å². The molecule has 2 bridgehead atoms. The number of rotatable bonds is 0. The average molecular weight is 155 g/mol. The van der Waals surface area contributed by atoms with Crippen molar-refractivity contribution in [2.45, 2.75) is 0 Å². The lowest BCUT2D eigenvalue weighted by Gasteiger charge is -2.05. The molecule has 6 atom stereocenters. The van der Waals surface area contributed by atoms with Crippen LogP contribution in [0, 0.1) is 58.2 Å². The molecule has 6 fully saturated rings. The normalized spacial score (nSPS) is 82.6. The Morgan fingerprint density at radius 1 is 1.17 bits per heavy atom. The van der Waals surface area contributed by atoms with Crippen molar-refractivity contribution in [3.05, 3.63) is 12.2 Å². The number of nitrogens with zero attached hydrogens (tertiary/aromatic N) is 1. The van der Waals surface area contributed by atoms with Gasteiger partial charge in [0, 0.05) is 0 Å². The van der Waals surface area contributed by atoms with Gasteiger partial charge in [-0.2, -0.15) is 5.26 Å². The summed E-state index contributed by atoms with van der Waals surface area (Å²) in [7, 11) is 0. The van der Waals surface area contributed by atoms with Gasteiger partial charge in [-0.1, -0.05) is 12.2 Å². The first-order valence-electron chi connectivity index (χ1n) is 4.94. The molecule has 0 aromatic rings. The van der Waals surface area contributed by atoms with Gasteiger partial charge in [-0.05, 0) is 41.4 Å². The minimum Gasteiger partial charge on any atom is -0.198 e. The van der Waals surface area contributed by atoms with E-state index in [2.05, 4.69) is 12.6 Å². The van der Waals surface area contributed by atoms with Crippen molar-refractivity contribution in [2.75, 3.05) is 0 Å². The Balaban J connectivity index is 1.91. The van der Waals surface area contributed by atoms with E-state index >= 15 is 0 Å². The first-order chi connectivity index (χ1) is 5.84. The fraction of sp³-hybridized carbons (Fsp3) is 0.727. The first kappa shape index (κ1) is 5.07. The summed E-state index contributed by atoms with van der Waals surface area (Å²) in [6.07, 6.45) is 0. The van der Waals surface area contributed by atoms with E-state index in [9.17, 15) is 5.26 Å². The Labute approximate surface area is 71.1 Å². The number of hydrogen-bond acceptors (Lipinski definition) is 1. The summed E-state index contributed by atoms with van der Waals surface area (Å²) in [6.45, 7) is 4.21. The highest BCUT2D eigenvalue weighted by atomic mass is 15.0. The van der Waals surface area contributed by atoms with Crippen molar-refractivity contribution < 1.29 is 0 Å². The van der Waals surface area contributed by atoms with Gasteiger partial charge in [0.05, 0.1) is 11.5 Å². The molecule has 1 heteroatoms. The van der Waals surface area contributed by atoms with Crippen LogP contribution in [0.4, 0.5) is 0 Å². The van der Waals surface area contributed by atoms with E-state index in [4.69, 9.17) is 0 Å². The maximum absolute atomic E-state index is 9.21. The Morgan fingerprint density at radius 3 is 2.08 bits per heavy atom. The molecule has 6 saturated carbocycles. The molecule has 58 valence electrons. The van der Waals surface area contributed by atoms with Gasteiger partial charge >= 0.3 is 0 Å². The highest BCUT2D eigenvalue weighted by Gasteiger charge is 2.99. The monoisotopic (exact) mass is 155 g/mol. The van der Waals surface area contributed by atoms with E-state index in [0.29, 0.717) is 0 Å². The fourth-order valence-electron chi connectivity index (χ4n) is 5.75. The molecule has 6 aliphatic rings. The van der Waals surface area contributed by atoms with E-state index in [0.717, 1.165) is 41.4 Å². The van der Waals surface area contributed by atoms with Crippen LogP contribution in [0.1, 0.15) is 0 Å². The summed E-state index contributed by atoms with van der Waals surface area (Å²) in [5.41, 5.74) is 1.76. The van der Waals surface area contributed by atoms with Crippen LogP contribution in [0.15, 0.2) is 12.2 Å². The largest absolute Gasteiger partial charge is 0.198 e. The van der Waals surface area contributed by atoms with Crippen LogP contribution >= 0.6 is 0 Å². The summed E-state index contributed by atoms with van der Waals surface area (Å²) in [5, 5.41) is 9.21. The van der Waals surface area contributed by atoms with Crippen molar-refractivity contribution in [2.24, 2.45) is 46.8 Å². The molecule has 0 amide bonds. The second-order valence-electron chi connectivity index (χ2n) is 5.40. The third kappa shape index (κ3) is 0.198. The van der Waals surface area contributed by atoms with E-state index in [1.165, 1.54) is 0 Å². The molecule has 0 radical (unpaired) electrons. The Kier molecular flexibility index (Phi) is 0.403. The number of hydrogen-bond donors (Lipinski definition) is 0. The third-order valence-corrected chi connectivity index (χ3v) is 5.72. The lowest BCUT2D eigenvalue weighted by Crippen LogP contribution is -2.02. The zero-order chi connectivity index (χ0) is 7.83. The first-order valence-corrected chi connectivity index (χ1v) is 4.94. The van der Waals surface area contributed by atoms with Crippen LogP contribution in [-0.4, -0.2) is 0 Å². The molecule has 0 spiro atoms. The molecule has 6 aliphatic carbocycles. The Hall–Kier alpha value is -0.770. The summed E-state index contributed by atoms with van der Waals surface area (Å²) in [5.74, 6) is 5.94. The number of allylic oxidation sites excluding steroid dienone is 1. The SMILES string of the molecule is C=C1C2C3C4C1C1C2C1(C#N)C34. The van der Waals surface area contributed by atoms with Crippen LogP contribution in [0.5, 0.6) is 0 Å². The highest BCUT2D eigenvalue weighted by Crippen LogP contribution is 3.00. The van der Waals surface area contributed by atoms with Gasteiger partial charge in [0.2, 0.25) is 0 Å². The molecule has 0 saturated heterocycles. The molecule has 1 nitrogen and oxygen atoms in total. The molecule has 6 unspecified atom stereocenters. The smallest absolute Gasteiger partial charge is 0.0699 e. The maximum atomic E-state index is 9.21. The van der Waals surface area contributed by atoms with Gasteiger partial charge in [-0.25, -0.2) is 0 Å².